The van der Waals surface area contributed by atoms with Crippen molar-refractivity contribution in [2.24, 2.45) is 0 Å². The summed E-state index contributed by atoms with van der Waals surface area (Å²) in [7, 11) is 0. The molecule has 2 heterocycles. The number of hydrogen-bond acceptors (Lipinski definition) is 6. The molecule has 3 aromatic rings. The zero-order chi connectivity index (χ0) is 26.3. The summed E-state index contributed by atoms with van der Waals surface area (Å²) in [6.07, 6.45) is 4.25. The van der Waals surface area contributed by atoms with Crippen molar-refractivity contribution in [2.75, 3.05) is 5.32 Å². The molecule has 0 aliphatic heterocycles. The van der Waals surface area contributed by atoms with E-state index >= 15 is 0 Å². The third-order valence-electron chi connectivity index (χ3n) is 5.80. The highest BCUT2D eigenvalue weighted by Crippen LogP contribution is 2.40. The van der Waals surface area contributed by atoms with Crippen molar-refractivity contribution in [1.82, 2.24) is 9.55 Å². The Kier molecular flexibility index (Phi) is 6.73. The Morgan fingerprint density at radius 2 is 1.69 bits per heavy atom. The van der Waals surface area contributed by atoms with Gasteiger partial charge in [-0.15, -0.1) is 0 Å². The predicted molar refractivity (Wildman–Crippen MR) is 139 cm³/mol. The van der Waals surface area contributed by atoms with Crippen LogP contribution in [0, 0.1) is 6.92 Å². The number of aromatic nitrogens is 2. The average Bonchev–Trinajstić information content (AvgIpc) is 3.06. The van der Waals surface area contributed by atoms with Crippen molar-refractivity contribution in [2.45, 2.75) is 84.5 Å². The standard InChI is InChI=1S/C28H35N3O5/c1-17-8-9-18(15-29-17)19-12-21(13-19)34-20-10-11-24-22(14-20)23(30-25(32)35-27(2,3)4)16-31(24)26(33)36-28(5,6)7/h8-11,14-16,19,21H,12-13H2,1-7H3,(H,30,32)/t19-,21+. The van der Waals surface area contributed by atoms with Gasteiger partial charge in [0.2, 0.25) is 0 Å². The number of aryl methyl sites for hydroxylation is 1. The molecule has 1 amide bonds. The largest absolute Gasteiger partial charge is 0.490 e. The second-order valence-electron chi connectivity index (χ2n) is 11.3. The third-order valence-corrected chi connectivity index (χ3v) is 5.80. The van der Waals surface area contributed by atoms with Crippen molar-refractivity contribution in [3.05, 3.63) is 54.0 Å². The van der Waals surface area contributed by atoms with Crippen LogP contribution in [0.25, 0.3) is 10.9 Å². The van der Waals surface area contributed by atoms with Crippen LogP contribution in [-0.4, -0.2) is 39.0 Å². The number of anilines is 1. The van der Waals surface area contributed by atoms with Crippen LogP contribution in [0.3, 0.4) is 0 Å². The molecule has 1 saturated carbocycles. The van der Waals surface area contributed by atoms with Gasteiger partial charge in [0.05, 0.1) is 17.3 Å². The lowest BCUT2D eigenvalue weighted by Gasteiger charge is -2.35. The predicted octanol–water partition coefficient (Wildman–Crippen LogP) is 6.80. The van der Waals surface area contributed by atoms with Crippen LogP contribution in [0.15, 0.2) is 42.7 Å². The number of nitrogens with one attached hydrogen (secondary N) is 1. The Balaban J connectivity index is 1.55. The van der Waals surface area contributed by atoms with Gasteiger partial charge in [-0.2, -0.15) is 0 Å². The smallest absolute Gasteiger partial charge is 0.419 e. The minimum Gasteiger partial charge on any atom is -0.490 e. The van der Waals surface area contributed by atoms with Crippen molar-refractivity contribution < 1.29 is 23.8 Å². The first-order chi connectivity index (χ1) is 16.8. The van der Waals surface area contributed by atoms with Gasteiger partial charge in [-0.3, -0.25) is 14.9 Å². The van der Waals surface area contributed by atoms with Gasteiger partial charge in [0, 0.05) is 23.5 Å². The maximum absolute atomic E-state index is 12.9. The number of hydrogen-bond donors (Lipinski definition) is 1. The SMILES string of the molecule is Cc1ccc([C@H]2C[C@@H](Oc3ccc4c(c3)c(NC(=O)OC(C)(C)C)cn4C(=O)OC(C)(C)C)C2)cn1. The molecule has 0 spiro atoms. The van der Waals surface area contributed by atoms with Crippen molar-refractivity contribution in [3.8, 4) is 5.75 Å². The maximum atomic E-state index is 12.9. The van der Waals surface area contributed by atoms with E-state index in [-0.39, 0.29) is 6.10 Å². The van der Waals surface area contributed by atoms with E-state index in [9.17, 15) is 9.59 Å². The number of rotatable bonds is 4. The molecule has 36 heavy (non-hydrogen) atoms. The fraction of sp³-hybridized carbons (Fsp3) is 0.464. The molecule has 0 bridgehead atoms. The molecule has 1 aliphatic rings. The van der Waals surface area contributed by atoms with Crippen LogP contribution >= 0.6 is 0 Å². The summed E-state index contributed by atoms with van der Waals surface area (Å²) < 4.78 is 18.6. The van der Waals surface area contributed by atoms with Gasteiger partial charge in [0.15, 0.2) is 0 Å². The van der Waals surface area contributed by atoms with E-state index in [0.29, 0.717) is 28.3 Å². The Bertz CT molecular complexity index is 1260. The van der Waals surface area contributed by atoms with E-state index in [1.165, 1.54) is 10.1 Å². The highest BCUT2D eigenvalue weighted by atomic mass is 16.6. The Labute approximate surface area is 211 Å². The first-order valence-corrected chi connectivity index (χ1v) is 12.2. The molecule has 0 unspecified atom stereocenters. The Morgan fingerprint density at radius 1 is 1.00 bits per heavy atom. The van der Waals surface area contributed by atoms with E-state index in [2.05, 4.69) is 16.4 Å². The van der Waals surface area contributed by atoms with E-state index in [1.807, 2.05) is 31.3 Å². The lowest BCUT2D eigenvalue weighted by molar-refractivity contribution is 0.0541. The molecule has 2 aromatic heterocycles. The van der Waals surface area contributed by atoms with E-state index in [1.54, 1.807) is 53.8 Å². The summed E-state index contributed by atoms with van der Waals surface area (Å²) in [5, 5.41) is 3.42. The molecule has 8 nitrogen and oxygen atoms in total. The van der Waals surface area contributed by atoms with Crippen molar-refractivity contribution in [1.29, 1.82) is 0 Å². The number of benzene rings is 1. The molecule has 1 aromatic carbocycles. The van der Waals surface area contributed by atoms with Crippen LogP contribution in [0.1, 0.15) is 71.6 Å². The second-order valence-corrected chi connectivity index (χ2v) is 11.3. The number of ether oxygens (including phenoxy) is 3. The third kappa shape index (κ3) is 6.17. The highest BCUT2D eigenvalue weighted by molar-refractivity contribution is 6.03. The van der Waals surface area contributed by atoms with Crippen LogP contribution in [0.4, 0.5) is 15.3 Å². The summed E-state index contributed by atoms with van der Waals surface area (Å²) in [6, 6.07) is 9.63. The molecule has 1 fully saturated rings. The molecule has 1 aliphatic carbocycles. The first-order valence-electron chi connectivity index (χ1n) is 12.2. The molecule has 1 N–H and O–H groups in total. The Morgan fingerprint density at radius 3 is 2.31 bits per heavy atom. The van der Waals surface area contributed by atoms with Gasteiger partial charge in [-0.1, -0.05) is 6.07 Å². The molecule has 0 saturated heterocycles. The van der Waals surface area contributed by atoms with Crippen LogP contribution in [0.5, 0.6) is 5.75 Å². The highest BCUT2D eigenvalue weighted by Gasteiger charge is 2.32. The fourth-order valence-electron chi connectivity index (χ4n) is 4.10. The summed E-state index contributed by atoms with van der Waals surface area (Å²) in [6.45, 7) is 12.8. The number of nitrogens with zero attached hydrogens (tertiary/aromatic N) is 2. The summed E-state index contributed by atoms with van der Waals surface area (Å²) >= 11 is 0. The van der Waals surface area contributed by atoms with E-state index in [0.717, 1.165) is 18.5 Å². The summed E-state index contributed by atoms with van der Waals surface area (Å²) in [5.74, 6) is 1.10. The molecular weight excluding hydrogens is 458 g/mol. The molecule has 192 valence electrons. The number of amides is 1. The second kappa shape index (κ2) is 9.48. The van der Waals surface area contributed by atoms with Crippen LogP contribution < -0.4 is 10.1 Å². The van der Waals surface area contributed by atoms with Crippen LogP contribution in [-0.2, 0) is 9.47 Å². The average molecular weight is 494 g/mol. The van der Waals surface area contributed by atoms with Gasteiger partial charge in [0.1, 0.15) is 17.0 Å². The van der Waals surface area contributed by atoms with Crippen LogP contribution in [0.2, 0.25) is 0 Å². The first kappa shape index (κ1) is 25.5. The van der Waals surface area contributed by atoms with Gasteiger partial charge >= 0.3 is 12.2 Å². The summed E-state index contributed by atoms with van der Waals surface area (Å²) in [4.78, 5) is 29.8. The van der Waals surface area contributed by atoms with Crippen molar-refractivity contribution >= 4 is 28.8 Å². The molecule has 0 radical (unpaired) electrons. The quantitative estimate of drug-likeness (QED) is 0.430. The molecule has 4 rings (SSSR count). The van der Waals surface area contributed by atoms with Gasteiger partial charge < -0.3 is 14.2 Å². The van der Waals surface area contributed by atoms with Gasteiger partial charge in [0.25, 0.3) is 0 Å². The maximum Gasteiger partial charge on any atom is 0.419 e. The Hall–Kier alpha value is -3.55. The van der Waals surface area contributed by atoms with Gasteiger partial charge in [-0.25, -0.2) is 9.59 Å². The fourth-order valence-corrected chi connectivity index (χ4v) is 4.10. The normalized spacial score (nSPS) is 17.9. The molecule has 8 heteroatoms. The number of pyridine rings is 1. The monoisotopic (exact) mass is 493 g/mol. The van der Waals surface area contributed by atoms with Gasteiger partial charge in [-0.05, 0) is 97.1 Å². The topological polar surface area (TPSA) is 91.7 Å². The zero-order valence-electron chi connectivity index (χ0n) is 22.0. The zero-order valence-corrected chi connectivity index (χ0v) is 22.0. The summed E-state index contributed by atoms with van der Waals surface area (Å²) in [5.41, 5.74) is 1.95. The lowest BCUT2D eigenvalue weighted by Crippen LogP contribution is -2.32. The van der Waals surface area contributed by atoms with E-state index < -0.39 is 23.4 Å². The molecular formula is C28H35N3O5. The number of carbonyl (C=O) groups excluding carboxylic acids is 2. The minimum atomic E-state index is -0.663. The lowest BCUT2D eigenvalue weighted by atomic mass is 9.78. The number of fused-ring (bicyclic) bond motifs is 1. The van der Waals surface area contributed by atoms with E-state index in [4.69, 9.17) is 14.2 Å². The van der Waals surface area contributed by atoms with Crippen molar-refractivity contribution in [3.63, 3.8) is 0 Å². The minimum absolute atomic E-state index is 0.0870. The molecule has 0 atom stereocenters. The number of carbonyl (C=O) groups is 2.